The topological polar surface area (TPSA) is 55.3 Å². The van der Waals surface area contributed by atoms with Gasteiger partial charge < -0.3 is 16.4 Å². The Labute approximate surface area is 62.4 Å². The van der Waals surface area contributed by atoms with Crippen LogP contribution < -0.4 is 11.5 Å². The number of hydrogen-bond acceptors (Lipinski definition) is 3. The van der Waals surface area contributed by atoms with Gasteiger partial charge in [0.2, 0.25) is 0 Å². The average Bonchev–Trinajstić information content (AvgIpc) is 1.88. The molecule has 1 saturated heterocycles. The van der Waals surface area contributed by atoms with Gasteiger partial charge in [-0.25, -0.2) is 0 Å². The van der Waals surface area contributed by atoms with E-state index in [-0.39, 0.29) is 6.17 Å². The summed E-state index contributed by atoms with van der Waals surface area (Å²) in [6.45, 7) is 2.30. The van der Waals surface area contributed by atoms with Crippen molar-refractivity contribution in [1.82, 2.24) is 4.90 Å². The molecule has 1 aliphatic heterocycles. The lowest BCUT2D eigenvalue weighted by Gasteiger charge is -2.30. The SMILES string of the molecule is CN1CCC(C(N)N)CC1. The molecule has 0 aliphatic carbocycles. The van der Waals surface area contributed by atoms with Crippen molar-refractivity contribution >= 4 is 0 Å². The fourth-order valence-corrected chi connectivity index (χ4v) is 1.41. The molecule has 4 N–H and O–H groups in total. The molecule has 3 nitrogen and oxygen atoms in total. The van der Waals surface area contributed by atoms with Gasteiger partial charge in [0.15, 0.2) is 0 Å². The van der Waals surface area contributed by atoms with Crippen LogP contribution in [-0.4, -0.2) is 31.2 Å². The van der Waals surface area contributed by atoms with E-state index in [0.717, 1.165) is 25.9 Å². The van der Waals surface area contributed by atoms with Crippen LogP contribution in [0.4, 0.5) is 0 Å². The van der Waals surface area contributed by atoms with Crippen molar-refractivity contribution < 1.29 is 0 Å². The minimum Gasteiger partial charge on any atom is -0.316 e. The van der Waals surface area contributed by atoms with Crippen LogP contribution in [0.1, 0.15) is 12.8 Å². The molecule has 0 atom stereocenters. The molecule has 3 heteroatoms. The number of likely N-dealkylation sites (tertiary alicyclic amines) is 1. The number of nitrogens with zero attached hydrogens (tertiary/aromatic N) is 1. The molecule has 0 aromatic heterocycles. The number of hydrogen-bond donors (Lipinski definition) is 2. The minimum absolute atomic E-state index is 0.103. The van der Waals surface area contributed by atoms with Crippen LogP contribution in [-0.2, 0) is 0 Å². The molecule has 60 valence electrons. The molecule has 10 heavy (non-hydrogen) atoms. The summed E-state index contributed by atoms with van der Waals surface area (Å²) >= 11 is 0. The normalized spacial score (nSPS) is 24.0. The number of nitrogens with two attached hydrogens (primary N) is 2. The second-order valence-corrected chi connectivity index (χ2v) is 3.22. The lowest BCUT2D eigenvalue weighted by atomic mass is 9.95. The van der Waals surface area contributed by atoms with Gasteiger partial charge >= 0.3 is 0 Å². The van der Waals surface area contributed by atoms with Crippen LogP contribution in [0.5, 0.6) is 0 Å². The summed E-state index contributed by atoms with van der Waals surface area (Å²) in [4.78, 5) is 2.32. The minimum atomic E-state index is -0.103. The van der Waals surface area contributed by atoms with Crippen LogP contribution >= 0.6 is 0 Å². The Balaban J connectivity index is 2.26. The first-order valence-electron chi connectivity index (χ1n) is 3.90. The second-order valence-electron chi connectivity index (χ2n) is 3.22. The van der Waals surface area contributed by atoms with E-state index >= 15 is 0 Å². The van der Waals surface area contributed by atoms with Crippen molar-refractivity contribution in [2.24, 2.45) is 17.4 Å². The first-order chi connectivity index (χ1) is 4.70. The van der Waals surface area contributed by atoms with Crippen LogP contribution in [0, 0.1) is 5.92 Å². The Morgan fingerprint density at radius 3 is 2.20 bits per heavy atom. The molecule has 1 rings (SSSR count). The maximum atomic E-state index is 5.57. The van der Waals surface area contributed by atoms with Gasteiger partial charge in [0, 0.05) is 0 Å². The molecule has 0 spiro atoms. The Bertz CT molecular complexity index is 95.0. The zero-order valence-electron chi connectivity index (χ0n) is 6.59. The van der Waals surface area contributed by atoms with Crippen molar-refractivity contribution in [2.75, 3.05) is 20.1 Å². The predicted octanol–water partition coefficient (Wildman–Crippen LogP) is -0.428. The van der Waals surface area contributed by atoms with Crippen molar-refractivity contribution in [3.8, 4) is 0 Å². The van der Waals surface area contributed by atoms with Gasteiger partial charge in [-0.3, -0.25) is 0 Å². The van der Waals surface area contributed by atoms with E-state index < -0.39 is 0 Å². The molecular weight excluding hydrogens is 126 g/mol. The predicted molar refractivity (Wildman–Crippen MR) is 42.4 cm³/mol. The van der Waals surface area contributed by atoms with Crippen LogP contribution in [0.15, 0.2) is 0 Å². The summed E-state index contributed by atoms with van der Waals surface area (Å²) in [5.41, 5.74) is 11.1. The fraction of sp³-hybridized carbons (Fsp3) is 1.00. The highest BCUT2D eigenvalue weighted by molar-refractivity contribution is 4.74. The van der Waals surface area contributed by atoms with Crippen LogP contribution in [0.2, 0.25) is 0 Å². The smallest absolute Gasteiger partial charge is 0.0550 e. The van der Waals surface area contributed by atoms with E-state index in [1.807, 2.05) is 0 Å². The van der Waals surface area contributed by atoms with Gasteiger partial charge in [-0.2, -0.15) is 0 Å². The fourth-order valence-electron chi connectivity index (χ4n) is 1.41. The lowest BCUT2D eigenvalue weighted by Crippen LogP contribution is -2.44. The Kier molecular flexibility index (Phi) is 2.65. The van der Waals surface area contributed by atoms with Gasteiger partial charge in [0.05, 0.1) is 6.17 Å². The summed E-state index contributed by atoms with van der Waals surface area (Å²) in [6.07, 6.45) is 2.22. The van der Waals surface area contributed by atoms with E-state index in [9.17, 15) is 0 Å². The molecule has 1 heterocycles. The third-order valence-corrected chi connectivity index (χ3v) is 2.31. The van der Waals surface area contributed by atoms with E-state index in [2.05, 4.69) is 11.9 Å². The maximum Gasteiger partial charge on any atom is 0.0550 e. The molecule has 0 aromatic carbocycles. The van der Waals surface area contributed by atoms with Crippen molar-refractivity contribution in [2.45, 2.75) is 19.0 Å². The molecule has 0 aromatic rings. The van der Waals surface area contributed by atoms with Gasteiger partial charge in [0.1, 0.15) is 0 Å². The molecular formula is C7H17N3. The van der Waals surface area contributed by atoms with Crippen molar-refractivity contribution in [1.29, 1.82) is 0 Å². The van der Waals surface area contributed by atoms with Crippen molar-refractivity contribution in [3.63, 3.8) is 0 Å². The first-order valence-corrected chi connectivity index (χ1v) is 3.90. The molecule has 1 fully saturated rings. The van der Waals surface area contributed by atoms with Gasteiger partial charge in [-0.1, -0.05) is 0 Å². The molecule has 1 aliphatic rings. The monoisotopic (exact) mass is 143 g/mol. The standard InChI is InChI=1S/C7H17N3/c1-10-4-2-6(3-5-10)7(8)9/h6-7H,2-5,8-9H2,1H3. The summed E-state index contributed by atoms with van der Waals surface area (Å²) < 4.78 is 0. The lowest BCUT2D eigenvalue weighted by molar-refractivity contribution is 0.200. The quantitative estimate of drug-likeness (QED) is 0.490. The Morgan fingerprint density at radius 1 is 1.30 bits per heavy atom. The third kappa shape index (κ3) is 1.94. The highest BCUT2D eigenvalue weighted by atomic mass is 15.1. The second kappa shape index (κ2) is 3.32. The average molecular weight is 143 g/mol. The summed E-state index contributed by atoms with van der Waals surface area (Å²) in [5, 5.41) is 0. The Morgan fingerprint density at radius 2 is 1.80 bits per heavy atom. The molecule has 0 saturated carbocycles. The van der Waals surface area contributed by atoms with E-state index in [4.69, 9.17) is 11.5 Å². The van der Waals surface area contributed by atoms with Gasteiger partial charge in [-0.05, 0) is 38.9 Å². The van der Waals surface area contributed by atoms with Gasteiger partial charge in [0.25, 0.3) is 0 Å². The number of rotatable bonds is 1. The molecule has 0 bridgehead atoms. The highest BCUT2D eigenvalue weighted by Gasteiger charge is 2.19. The van der Waals surface area contributed by atoms with Crippen molar-refractivity contribution in [3.05, 3.63) is 0 Å². The maximum absolute atomic E-state index is 5.57. The molecule has 0 amide bonds. The Hall–Kier alpha value is -0.120. The summed E-state index contributed by atoms with van der Waals surface area (Å²) in [6, 6.07) is 0. The highest BCUT2D eigenvalue weighted by Crippen LogP contribution is 2.15. The van der Waals surface area contributed by atoms with Gasteiger partial charge in [-0.15, -0.1) is 0 Å². The van der Waals surface area contributed by atoms with E-state index in [1.165, 1.54) is 0 Å². The molecule has 0 unspecified atom stereocenters. The van der Waals surface area contributed by atoms with E-state index in [1.54, 1.807) is 0 Å². The zero-order chi connectivity index (χ0) is 7.56. The molecule has 0 radical (unpaired) electrons. The summed E-state index contributed by atoms with van der Waals surface area (Å²) in [7, 11) is 2.14. The van der Waals surface area contributed by atoms with Crippen LogP contribution in [0.3, 0.4) is 0 Å². The number of piperidine rings is 1. The third-order valence-electron chi connectivity index (χ3n) is 2.31. The van der Waals surface area contributed by atoms with E-state index in [0.29, 0.717) is 5.92 Å². The summed E-state index contributed by atoms with van der Waals surface area (Å²) in [5.74, 6) is 0.552. The first kappa shape index (κ1) is 7.98. The largest absolute Gasteiger partial charge is 0.316 e. The van der Waals surface area contributed by atoms with Crippen LogP contribution in [0.25, 0.3) is 0 Å². The zero-order valence-corrected chi connectivity index (χ0v) is 6.59.